The molecule has 0 fully saturated rings. The lowest BCUT2D eigenvalue weighted by Crippen LogP contribution is -2.23. The summed E-state index contributed by atoms with van der Waals surface area (Å²) >= 11 is 0. The van der Waals surface area contributed by atoms with Crippen molar-refractivity contribution in [3.05, 3.63) is 58.7 Å². The molecule has 0 aromatic heterocycles. The van der Waals surface area contributed by atoms with Crippen molar-refractivity contribution >= 4 is 18.3 Å². The van der Waals surface area contributed by atoms with Crippen LogP contribution in [0.1, 0.15) is 27.0 Å². The van der Waals surface area contributed by atoms with E-state index in [2.05, 4.69) is 28.8 Å². The van der Waals surface area contributed by atoms with Crippen molar-refractivity contribution in [2.45, 2.75) is 19.6 Å². The van der Waals surface area contributed by atoms with E-state index >= 15 is 0 Å². The van der Waals surface area contributed by atoms with E-state index in [4.69, 9.17) is 9.47 Å². The van der Waals surface area contributed by atoms with Crippen molar-refractivity contribution in [2.24, 2.45) is 0 Å². The van der Waals surface area contributed by atoms with Gasteiger partial charge in [-0.3, -0.25) is 4.79 Å². The molecule has 0 bridgehead atoms. The molecule has 2 aromatic carbocycles. The number of ether oxygens (including phenoxy) is 2. The number of hydrogen-bond donors (Lipinski definition) is 2. The minimum atomic E-state index is -0.164. The first-order valence-corrected chi connectivity index (χ1v) is 7.53. The van der Waals surface area contributed by atoms with Crippen LogP contribution in [0.15, 0.2) is 36.4 Å². The second kappa shape index (κ2) is 8.04. The average Bonchev–Trinajstić information content (AvgIpc) is 3.06. The topological polar surface area (TPSA) is 59.6 Å². The first-order valence-electron chi connectivity index (χ1n) is 7.53. The van der Waals surface area contributed by atoms with Gasteiger partial charge < -0.3 is 20.1 Å². The van der Waals surface area contributed by atoms with E-state index in [1.807, 2.05) is 0 Å². The Morgan fingerprint density at radius 2 is 1.88 bits per heavy atom. The minimum absolute atomic E-state index is 0. The van der Waals surface area contributed by atoms with Crippen LogP contribution < -0.4 is 20.1 Å². The molecular weight excluding hydrogens is 328 g/mol. The van der Waals surface area contributed by atoms with Gasteiger partial charge >= 0.3 is 0 Å². The van der Waals surface area contributed by atoms with Gasteiger partial charge in [0, 0.05) is 25.7 Å². The largest absolute Gasteiger partial charge is 0.497 e. The number of hydrogen-bond acceptors (Lipinski definition) is 4. The van der Waals surface area contributed by atoms with Crippen LogP contribution in [0.2, 0.25) is 0 Å². The normalized spacial score (nSPS) is 12.1. The molecule has 0 unspecified atom stereocenters. The van der Waals surface area contributed by atoms with Gasteiger partial charge in [0.1, 0.15) is 11.5 Å². The van der Waals surface area contributed by atoms with E-state index in [1.54, 1.807) is 32.4 Å². The standard InChI is InChI=1S/C18H20N2O3.ClH/c1-22-15-5-6-16(17(8-15)23-2)18(21)20-9-12-3-4-13-10-19-11-14(13)7-12;/h3-8,19H,9-11H2,1-2H3,(H,20,21);1H. The maximum Gasteiger partial charge on any atom is 0.255 e. The summed E-state index contributed by atoms with van der Waals surface area (Å²) in [4.78, 5) is 12.4. The molecule has 2 aromatic rings. The molecule has 2 N–H and O–H groups in total. The SMILES string of the molecule is COc1ccc(C(=O)NCc2ccc3c(c2)CNC3)c(OC)c1.Cl. The second-order valence-electron chi connectivity index (χ2n) is 5.46. The first kappa shape index (κ1) is 18.1. The third-order valence-electron chi connectivity index (χ3n) is 4.01. The molecule has 6 heteroatoms. The van der Waals surface area contributed by atoms with Gasteiger partial charge in [-0.05, 0) is 28.8 Å². The van der Waals surface area contributed by atoms with Crippen molar-refractivity contribution in [1.29, 1.82) is 0 Å². The van der Waals surface area contributed by atoms with Gasteiger partial charge in [0.25, 0.3) is 5.91 Å². The third kappa shape index (κ3) is 3.80. The number of halogens is 1. The molecule has 0 radical (unpaired) electrons. The Morgan fingerprint density at radius 1 is 1.08 bits per heavy atom. The predicted octanol–water partition coefficient (Wildman–Crippen LogP) is 2.66. The molecule has 1 aliphatic heterocycles. The number of rotatable bonds is 5. The highest BCUT2D eigenvalue weighted by Crippen LogP contribution is 2.24. The fraction of sp³-hybridized carbons (Fsp3) is 0.278. The molecule has 0 saturated heterocycles. The van der Waals surface area contributed by atoms with Crippen LogP contribution in [0.5, 0.6) is 11.5 Å². The highest BCUT2D eigenvalue weighted by atomic mass is 35.5. The zero-order valence-corrected chi connectivity index (χ0v) is 14.5. The van der Waals surface area contributed by atoms with Crippen LogP contribution in [0, 0.1) is 0 Å². The Morgan fingerprint density at radius 3 is 2.62 bits per heavy atom. The lowest BCUT2D eigenvalue weighted by atomic mass is 10.1. The van der Waals surface area contributed by atoms with Gasteiger partial charge in [0.15, 0.2) is 0 Å². The monoisotopic (exact) mass is 348 g/mol. The van der Waals surface area contributed by atoms with Crippen LogP contribution >= 0.6 is 12.4 Å². The van der Waals surface area contributed by atoms with Gasteiger partial charge in [0.2, 0.25) is 0 Å². The second-order valence-corrected chi connectivity index (χ2v) is 5.46. The summed E-state index contributed by atoms with van der Waals surface area (Å²) in [6, 6.07) is 11.5. The Bertz CT molecular complexity index is 734. The molecule has 0 saturated carbocycles. The molecule has 3 rings (SSSR count). The number of carbonyl (C=O) groups is 1. The summed E-state index contributed by atoms with van der Waals surface area (Å²) < 4.78 is 10.4. The Kier molecular flexibility index (Phi) is 6.06. The maximum atomic E-state index is 12.4. The molecule has 0 spiro atoms. The number of amides is 1. The van der Waals surface area contributed by atoms with Crippen molar-refractivity contribution in [1.82, 2.24) is 10.6 Å². The maximum absolute atomic E-state index is 12.4. The minimum Gasteiger partial charge on any atom is -0.497 e. The number of carbonyl (C=O) groups excluding carboxylic acids is 1. The molecule has 24 heavy (non-hydrogen) atoms. The first-order chi connectivity index (χ1) is 11.2. The highest BCUT2D eigenvalue weighted by molar-refractivity contribution is 5.97. The molecular formula is C18H21ClN2O3. The van der Waals surface area contributed by atoms with E-state index in [0.717, 1.165) is 18.7 Å². The van der Waals surface area contributed by atoms with Gasteiger partial charge in [-0.15, -0.1) is 12.4 Å². The van der Waals surface area contributed by atoms with E-state index < -0.39 is 0 Å². The van der Waals surface area contributed by atoms with E-state index in [9.17, 15) is 4.79 Å². The fourth-order valence-corrected chi connectivity index (χ4v) is 2.72. The van der Waals surface area contributed by atoms with Crippen molar-refractivity contribution in [3.63, 3.8) is 0 Å². The lowest BCUT2D eigenvalue weighted by molar-refractivity contribution is 0.0948. The summed E-state index contributed by atoms with van der Waals surface area (Å²) in [7, 11) is 3.12. The van der Waals surface area contributed by atoms with Crippen molar-refractivity contribution < 1.29 is 14.3 Å². The van der Waals surface area contributed by atoms with E-state index in [0.29, 0.717) is 23.6 Å². The molecule has 128 valence electrons. The van der Waals surface area contributed by atoms with E-state index in [1.165, 1.54) is 11.1 Å². The summed E-state index contributed by atoms with van der Waals surface area (Å²) in [5.74, 6) is 0.993. The van der Waals surface area contributed by atoms with Crippen LogP contribution in [-0.4, -0.2) is 20.1 Å². The summed E-state index contributed by atoms with van der Waals surface area (Å²) in [6.07, 6.45) is 0. The number of fused-ring (bicyclic) bond motifs is 1. The average molecular weight is 349 g/mol. The summed E-state index contributed by atoms with van der Waals surface area (Å²) in [5, 5.41) is 6.25. The number of nitrogens with one attached hydrogen (secondary N) is 2. The van der Waals surface area contributed by atoms with Gasteiger partial charge in [-0.25, -0.2) is 0 Å². The van der Waals surface area contributed by atoms with Crippen LogP contribution in [0.4, 0.5) is 0 Å². The summed E-state index contributed by atoms with van der Waals surface area (Å²) in [6.45, 7) is 2.30. The van der Waals surface area contributed by atoms with Gasteiger partial charge in [-0.2, -0.15) is 0 Å². The molecule has 0 atom stereocenters. The Labute approximate surface area is 147 Å². The van der Waals surface area contributed by atoms with Crippen LogP contribution in [0.3, 0.4) is 0 Å². The summed E-state index contributed by atoms with van der Waals surface area (Å²) in [5.41, 5.74) is 4.22. The van der Waals surface area contributed by atoms with Gasteiger partial charge in [-0.1, -0.05) is 18.2 Å². The Hall–Kier alpha value is -2.24. The van der Waals surface area contributed by atoms with Gasteiger partial charge in [0.05, 0.1) is 19.8 Å². The molecule has 1 amide bonds. The van der Waals surface area contributed by atoms with Crippen LogP contribution in [-0.2, 0) is 19.6 Å². The quantitative estimate of drug-likeness (QED) is 0.872. The molecule has 1 heterocycles. The smallest absolute Gasteiger partial charge is 0.255 e. The zero-order chi connectivity index (χ0) is 16.2. The number of methoxy groups -OCH3 is 2. The predicted molar refractivity (Wildman–Crippen MR) is 94.9 cm³/mol. The zero-order valence-electron chi connectivity index (χ0n) is 13.7. The number of benzene rings is 2. The molecule has 1 aliphatic rings. The van der Waals surface area contributed by atoms with Crippen LogP contribution in [0.25, 0.3) is 0 Å². The molecule has 0 aliphatic carbocycles. The van der Waals surface area contributed by atoms with E-state index in [-0.39, 0.29) is 18.3 Å². The van der Waals surface area contributed by atoms with Crippen molar-refractivity contribution in [2.75, 3.05) is 14.2 Å². The fourth-order valence-electron chi connectivity index (χ4n) is 2.72. The lowest BCUT2D eigenvalue weighted by Gasteiger charge is -2.11. The van der Waals surface area contributed by atoms with Crippen molar-refractivity contribution in [3.8, 4) is 11.5 Å². The highest BCUT2D eigenvalue weighted by Gasteiger charge is 2.14. The molecule has 5 nitrogen and oxygen atoms in total. The third-order valence-corrected chi connectivity index (χ3v) is 4.01. The Balaban J connectivity index is 0.00000208.